The largest absolute Gasteiger partial charge is 0.461 e. The molecule has 1 atom stereocenters. The molecule has 1 heterocycles. The summed E-state index contributed by atoms with van der Waals surface area (Å²) in [5.74, 6) is -0.456. The summed E-state index contributed by atoms with van der Waals surface area (Å²) in [5, 5.41) is 14.9. The molecule has 1 aliphatic rings. The van der Waals surface area contributed by atoms with Crippen LogP contribution >= 0.6 is 15.9 Å². The minimum Gasteiger partial charge on any atom is -0.461 e. The lowest BCUT2D eigenvalue weighted by Crippen LogP contribution is -2.24. The number of hydrogen-bond acceptors (Lipinski definition) is 5. The highest BCUT2D eigenvalue weighted by atomic mass is 79.9. The summed E-state index contributed by atoms with van der Waals surface area (Å²) in [6.45, 7) is 2.04. The van der Waals surface area contributed by atoms with Gasteiger partial charge in [0.2, 0.25) is 0 Å². The van der Waals surface area contributed by atoms with Crippen molar-refractivity contribution in [3.8, 4) is 6.07 Å². The van der Waals surface area contributed by atoms with Crippen LogP contribution in [0.1, 0.15) is 13.3 Å². The number of anilines is 1. The number of carbonyl (C=O) groups excluding carboxylic acids is 1. The third kappa shape index (κ3) is 2.93. The molecule has 0 aromatic heterocycles. The Morgan fingerprint density at radius 2 is 2.26 bits per heavy atom. The topological polar surface area (TPSA) is 65.7 Å². The van der Waals surface area contributed by atoms with Crippen LogP contribution in [0.5, 0.6) is 0 Å². The van der Waals surface area contributed by atoms with Gasteiger partial charge >= 0.3 is 5.97 Å². The van der Waals surface area contributed by atoms with E-state index in [4.69, 9.17) is 10.00 Å². The molecule has 0 saturated carbocycles. The molecule has 0 saturated heterocycles. The van der Waals surface area contributed by atoms with Gasteiger partial charge in [-0.1, -0.05) is 15.9 Å². The van der Waals surface area contributed by atoms with E-state index in [2.05, 4.69) is 27.1 Å². The van der Waals surface area contributed by atoms with Crippen LogP contribution in [-0.2, 0) is 9.53 Å². The van der Waals surface area contributed by atoms with Gasteiger partial charge in [0.15, 0.2) is 0 Å². The Kier molecular flexibility index (Phi) is 4.17. The summed E-state index contributed by atoms with van der Waals surface area (Å²) in [6.07, 6.45) is 0.283. The van der Waals surface area contributed by atoms with E-state index in [1.165, 1.54) is 0 Å². The summed E-state index contributed by atoms with van der Waals surface area (Å²) in [5.41, 5.74) is 1.06. The highest BCUT2D eigenvalue weighted by molar-refractivity contribution is 9.10. The molecule has 1 aliphatic heterocycles. The number of benzene rings is 1. The Hall–Kier alpha value is -1.87. The highest BCUT2D eigenvalue weighted by Gasteiger charge is 2.31. The number of carbonyl (C=O) groups is 1. The number of esters is 1. The van der Waals surface area contributed by atoms with E-state index >= 15 is 0 Å². The molecule has 0 fully saturated rings. The standard InChI is InChI=1S/C13H12BrN3O2/c1-2-19-13(18)12-7-11(8-15)17(16-12)10-5-3-9(14)4-6-10/h3-6,11H,2,7H2,1H3. The monoisotopic (exact) mass is 321 g/mol. The van der Waals surface area contributed by atoms with E-state index < -0.39 is 12.0 Å². The molecule has 0 bridgehead atoms. The van der Waals surface area contributed by atoms with Crippen molar-refractivity contribution in [3.63, 3.8) is 0 Å². The van der Waals surface area contributed by atoms with Gasteiger partial charge in [0.25, 0.3) is 0 Å². The number of nitriles is 1. The van der Waals surface area contributed by atoms with Crippen molar-refractivity contribution in [1.29, 1.82) is 5.26 Å². The first-order valence-corrected chi connectivity index (χ1v) is 6.64. The van der Waals surface area contributed by atoms with Crippen LogP contribution in [0.3, 0.4) is 0 Å². The predicted molar refractivity (Wildman–Crippen MR) is 74.7 cm³/mol. The predicted octanol–water partition coefficient (Wildman–Crippen LogP) is 2.47. The summed E-state index contributed by atoms with van der Waals surface area (Å²) in [6, 6.07) is 9.08. The van der Waals surface area contributed by atoms with Gasteiger partial charge < -0.3 is 4.74 Å². The maximum atomic E-state index is 11.6. The molecular formula is C13H12BrN3O2. The van der Waals surface area contributed by atoms with Gasteiger partial charge in [-0.25, -0.2) is 9.80 Å². The fourth-order valence-corrected chi connectivity index (χ4v) is 2.04. The fourth-order valence-electron chi connectivity index (χ4n) is 1.78. The third-order valence-electron chi connectivity index (χ3n) is 2.66. The zero-order valence-electron chi connectivity index (χ0n) is 10.3. The molecule has 1 aromatic rings. The van der Waals surface area contributed by atoms with Gasteiger partial charge in [0.05, 0.1) is 18.4 Å². The second-order valence-corrected chi connectivity index (χ2v) is 4.85. The number of hydrazone groups is 1. The molecule has 0 radical (unpaired) electrons. The molecule has 1 unspecified atom stereocenters. The Bertz CT molecular complexity index is 548. The Balaban J connectivity index is 2.25. The molecule has 0 amide bonds. The van der Waals surface area contributed by atoms with Crippen LogP contribution in [0, 0.1) is 11.3 Å². The van der Waals surface area contributed by atoms with Crippen molar-refractivity contribution in [2.75, 3.05) is 11.6 Å². The second-order valence-electron chi connectivity index (χ2n) is 3.94. The van der Waals surface area contributed by atoms with E-state index in [0.717, 1.165) is 10.2 Å². The maximum Gasteiger partial charge on any atom is 0.354 e. The zero-order valence-corrected chi connectivity index (χ0v) is 11.9. The Morgan fingerprint density at radius 3 is 2.84 bits per heavy atom. The molecule has 0 aliphatic carbocycles. The smallest absolute Gasteiger partial charge is 0.354 e. The molecule has 6 heteroatoms. The zero-order chi connectivity index (χ0) is 13.8. The Labute approximate surface area is 119 Å². The molecule has 0 spiro atoms. The lowest BCUT2D eigenvalue weighted by molar-refractivity contribution is -0.135. The molecule has 19 heavy (non-hydrogen) atoms. The van der Waals surface area contributed by atoms with Crippen molar-refractivity contribution >= 4 is 33.3 Å². The van der Waals surface area contributed by atoms with E-state index in [1.807, 2.05) is 24.3 Å². The highest BCUT2D eigenvalue weighted by Crippen LogP contribution is 2.26. The van der Waals surface area contributed by atoms with Crippen LogP contribution in [0.15, 0.2) is 33.8 Å². The van der Waals surface area contributed by atoms with E-state index in [1.54, 1.807) is 11.9 Å². The lowest BCUT2D eigenvalue weighted by Gasteiger charge is -2.17. The van der Waals surface area contributed by atoms with Crippen LogP contribution < -0.4 is 5.01 Å². The molecule has 0 N–H and O–H groups in total. The van der Waals surface area contributed by atoms with Crippen molar-refractivity contribution in [3.05, 3.63) is 28.7 Å². The van der Waals surface area contributed by atoms with Crippen LogP contribution in [0.25, 0.3) is 0 Å². The van der Waals surface area contributed by atoms with Crippen molar-refractivity contribution < 1.29 is 9.53 Å². The van der Waals surface area contributed by atoms with Gasteiger partial charge in [-0.05, 0) is 31.2 Å². The van der Waals surface area contributed by atoms with Crippen LogP contribution in [0.2, 0.25) is 0 Å². The number of nitrogens with zero attached hydrogens (tertiary/aromatic N) is 3. The quantitative estimate of drug-likeness (QED) is 0.802. The van der Waals surface area contributed by atoms with Gasteiger partial charge in [-0.2, -0.15) is 10.4 Å². The van der Waals surface area contributed by atoms with Crippen molar-refractivity contribution in [2.24, 2.45) is 5.10 Å². The maximum absolute atomic E-state index is 11.6. The van der Waals surface area contributed by atoms with Crippen molar-refractivity contribution in [1.82, 2.24) is 0 Å². The van der Waals surface area contributed by atoms with E-state index in [9.17, 15) is 4.79 Å². The normalized spacial score (nSPS) is 17.8. The SMILES string of the molecule is CCOC(=O)C1=NN(c2ccc(Br)cc2)C(C#N)C1. The summed E-state index contributed by atoms with van der Waals surface area (Å²) in [7, 11) is 0. The van der Waals surface area contributed by atoms with Gasteiger partial charge in [0, 0.05) is 10.9 Å². The molecule has 98 valence electrons. The van der Waals surface area contributed by atoms with E-state index in [0.29, 0.717) is 6.61 Å². The molecule has 1 aromatic carbocycles. The fraction of sp³-hybridized carbons (Fsp3) is 0.308. The lowest BCUT2D eigenvalue weighted by atomic mass is 10.1. The summed E-state index contributed by atoms with van der Waals surface area (Å²) < 4.78 is 5.85. The molecule has 5 nitrogen and oxygen atoms in total. The average molecular weight is 322 g/mol. The summed E-state index contributed by atoms with van der Waals surface area (Å²) in [4.78, 5) is 11.6. The first kappa shape index (κ1) is 13.6. The number of rotatable bonds is 3. The minimum atomic E-state index is -0.472. The van der Waals surface area contributed by atoms with Crippen molar-refractivity contribution in [2.45, 2.75) is 19.4 Å². The van der Waals surface area contributed by atoms with Gasteiger partial charge in [-0.15, -0.1) is 0 Å². The number of ether oxygens (including phenoxy) is 1. The summed E-state index contributed by atoms with van der Waals surface area (Å²) >= 11 is 3.35. The molecular weight excluding hydrogens is 310 g/mol. The van der Waals surface area contributed by atoms with Gasteiger partial charge in [-0.3, -0.25) is 0 Å². The first-order valence-electron chi connectivity index (χ1n) is 5.84. The number of hydrogen-bond donors (Lipinski definition) is 0. The van der Waals surface area contributed by atoms with Crippen LogP contribution in [0.4, 0.5) is 5.69 Å². The Morgan fingerprint density at radius 1 is 1.58 bits per heavy atom. The van der Waals surface area contributed by atoms with Crippen LogP contribution in [-0.4, -0.2) is 24.3 Å². The molecule has 2 rings (SSSR count). The van der Waals surface area contributed by atoms with E-state index in [-0.39, 0.29) is 12.1 Å². The minimum absolute atomic E-state index is 0.283. The van der Waals surface area contributed by atoms with Gasteiger partial charge in [0.1, 0.15) is 11.8 Å². The first-order chi connectivity index (χ1) is 9.15. The third-order valence-corrected chi connectivity index (χ3v) is 3.19. The second kappa shape index (κ2) is 5.85. The average Bonchev–Trinajstić information content (AvgIpc) is 2.84. The number of halogens is 1.